The third-order valence-corrected chi connectivity index (χ3v) is 4.26. The van der Waals surface area contributed by atoms with Gasteiger partial charge in [-0.2, -0.15) is 0 Å². The van der Waals surface area contributed by atoms with Crippen LogP contribution >= 0.6 is 0 Å². The van der Waals surface area contributed by atoms with Crippen LogP contribution in [0.25, 0.3) is 33.4 Å². The van der Waals surface area contributed by atoms with Crippen molar-refractivity contribution in [2.24, 2.45) is 0 Å². The maximum Gasteiger partial charge on any atom is 0.163 e. The van der Waals surface area contributed by atoms with E-state index >= 15 is 0 Å². The van der Waals surface area contributed by atoms with E-state index < -0.39 is 11.6 Å². The maximum absolute atomic E-state index is 14.2. The van der Waals surface area contributed by atoms with Gasteiger partial charge in [-0.15, -0.1) is 0 Å². The molecule has 0 aliphatic rings. The van der Waals surface area contributed by atoms with Crippen LogP contribution in [0.15, 0.2) is 60.9 Å². The second-order valence-electron chi connectivity index (χ2n) is 6.36. The summed E-state index contributed by atoms with van der Waals surface area (Å²) in [6.07, 6.45) is 3.37. The van der Waals surface area contributed by atoms with E-state index in [0.717, 1.165) is 28.9 Å². The summed E-state index contributed by atoms with van der Waals surface area (Å²) < 4.78 is 27.8. The smallest absolute Gasteiger partial charge is 0.163 e. The Hall–Kier alpha value is -3.41. The van der Waals surface area contributed by atoms with Crippen LogP contribution in [-0.2, 0) is 0 Å². The van der Waals surface area contributed by atoms with Crippen LogP contribution in [0.4, 0.5) is 14.6 Å². The zero-order valence-corrected chi connectivity index (χ0v) is 14.8. The monoisotopic (exact) mass is 362 g/mol. The Kier molecular flexibility index (Phi) is 4.24. The van der Waals surface area contributed by atoms with Gasteiger partial charge in [-0.05, 0) is 48.0 Å². The van der Waals surface area contributed by atoms with Gasteiger partial charge in [-0.3, -0.25) is 4.98 Å². The molecule has 0 saturated heterocycles. The van der Waals surface area contributed by atoms with Crippen LogP contribution in [0, 0.1) is 11.6 Å². The summed E-state index contributed by atoms with van der Waals surface area (Å²) in [5, 5.41) is 0.827. The lowest BCUT2D eigenvalue weighted by atomic mass is 10.0. The Bertz CT molecular complexity index is 1130. The highest BCUT2D eigenvalue weighted by Crippen LogP contribution is 2.31. The molecule has 2 heterocycles. The lowest BCUT2D eigenvalue weighted by molar-refractivity contribution is 0.603. The molecule has 0 saturated carbocycles. The molecule has 2 aromatic carbocycles. The minimum absolute atomic E-state index is 0.199. The molecule has 0 atom stereocenters. The van der Waals surface area contributed by atoms with Crippen molar-refractivity contribution < 1.29 is 8.78 Å². The summed E-state index contributed by atoms with van der Waals surface area (Å²) in [5.74, 6) is 0.297. The molecule has 0 N–H and O–H groups in total. The van der Waals surface area contributed by atoms with Crippen molar-refractivity contribution in [1.29, 1.82) is 0 Å². The zero-order valence-electron chi connectivity index (χ0n) is 14.8. The summed E-state index contributed by atoms with van der Waals surface area (Å²) in [6, 6.07) is 12.4. The quantitative estimate of drug-likeness (QED) is 0.530. The summed E-state index contributed by atoms with van der Waals surface area (Å²) in [4.78, 5) is 15.3. The van der Waals surface area contributed by atoms with Crippen molar-refractivity contribution in [3.63, 3.8) is 0 Å². The van der Waals surface area contributed by atoms with Crippen LogP contribution in [0.3, 0.4) is 0 Å². The average Bonchev–Trinajstić information content (AvgIpc) is 2.69. The minimum Gasteiger partial charge on any atom is -0.362 e. The lowest BCUT2D eigenvalue weighted by Gasteiger charge is -2.16. The molecule has 4 rings (SSSR count). The maximum atomic E-state index is 14.2. The van der Waals surface area contributed by atoms with Gasteiger partial charge in [-0.25, -0.2) is 18.7 Å². The Balaban J connectivity index is 1.95. The molecule has 6 heteroatoms. The SMILES string of the molecule is CN(C)c1nc(-c2cccnc2)nc2cc(-c3cc(F)ccc3F)ccc12. The predicted octanol–water partition coefficient (Wildman–Crippen LogP) is 4.70. The lowest BCUT2D eigenvalue weighted by Crippen LogP contribution is -2.12. The summed E-state index contributed by atoms with van der Waals surface area (Å²) >= 11 is 0. The highest BCUT2D eigenvalue weighted by molar-refractivity contribution is 5.93. The van der Waals surface area contributed by atoms with Gasteiger partial charge < -0.3 is 4.90 Å². The molecule has 0 fully saturated rings. The number of hydrogen-bond acceptors (Lipinski definition) is 4. The normalized spacial score (nSPS) is 11.0. The number of fused-ring (bicyclic) bond motifs is 1. The Morgan fingerprint density at radius 3 is 2.48 bits per heavy atom. The average molecular weight is 362 g/mol. The fraction of sp³-hybridized carbons (Fsp3) is 0.0952. The fourth-order valence-electron chi connectivity index (χ4n) is 2.96. The van der Waals surface area contributed by atoms with Crippen LogP contribution in [0.2, 0.25) is 0 Å². The molecule has 0 spiro atoms. The first-order chi connectivity index (χ1) is 13.0. The van der Waals surface area contributed by atoms with Gasteiger partial charge in [0.25, 0.3) is 0 Å². The topological polar surface area (TPSA) is 41.9 Å². The first kappa shape index (κ1) is 17.0. The van der Waals surface area contributed by atoms with E-state index in [2.05, 4.69) is 15.0 Å². The molecule has 0 radical (unpaired) electrons. The molecule has 134 valence electrons. The van der Waals surface area contributed by atoms with Crippen LogP contribution in [-0.4, -0.2) is 29.0 Å². The molecule has 27 heavy (non-hydrogen) atoms. The highest BCUT2D eigenvalue weighted by atomic mass is 19.1. The Labute approximate surface area is 155 Å². The van der Waals surface area contributed by atoms with E-state index in [0.29, 0.717) is 16.9 Å². The fourth-order valence-corrected chi connectivity index (χ4v) is 2.96. The van der Waals surface area contributed by atoms with E-state index in [1.807, 2.05) is 37.2 Å². The van der Waals surface area contributed by atoms with Gasteiger partial charge in [-0.1, -0.05) is 6.07 Å². The van der Waals surface area contributed by atoms with Crippen molar-refractivity contribution in [1.82, 2.24) is 15.0 Å². The third-order valence-electron chi connectivity index (χ3n) is 4.26. The third kappa shape index (κ3) is 3.21. The molecule has 4 nitrogen and oxygen atoms in total. The van der Waals surface area contributed by atoms with Crippen LogP contribution in [0.5, 0.6) is 0 Å². The summed E-state index contributed by atoms with van der Waals surface area (Å²) in [5.41, 5.74) is 2.18. The van der Waals surface area contributed by atoms with Gasteiger partial charge in [0, 0.05) is 43.0 Å². The van der Waals surface area contributed by atoms with Crippen molar-refractivity contribution in [3.05, 3.63) is 72.6 Å². The highest BCUT2D eigenvalue weighted by Gasteiger charge is 2.14. The van der Waals surface area contributed by atoms with E-state index in [-0.39, 0.29) is 5.56 Å². The molecular formula is C21H16F2N4. The van der Waals surface area contributed by atoms with E-state index in [1.54, 1.807) is 24.5 Å². The number of hydrogen-bond donors (Lipinski definition) is 0. The number of benzene rings is 2. The van der Waals surface area contributed by atoms with Crippen molar-refractivity contribution in [2.45, 2.75) is 0 Å². The Morgan fingerprint density at radius 1 is 0.889 bits per heavy atom. The molecule has 4 aromatic rings. The van der Waals surface area contributed by atoms with Crippen molar-refractivity contribution in [2.75, 3.05) is 19.0 Å². The van der Waals surface area contributed by atoms with E-state index in [1.165, 1.54) is 6.07 Å². The van der Waals surface area contributed by atoms with Crippen molar-refractivity contribution >= 4 is 16.7 Å². The Morgan fingerprint density at radius 2 is 1.74 bits per heavy atom. The van der Waals surface area contributed by atoms with E-state index in [4.69, 9.17) is 0 Å². The molecule has 0 bridgehead atoms. The molecule has 0 amide bonds. The second kappa shape index (κ2) is 6.72. The van der Waals surface area contributed by atoms with Gasteiger partial charge in [0.1, 0.15) is 17.5 Å². The number of nitrogens with zero attached hydrogens (tertiary/aromatic N) is 4. The molecule has 0 unspecified atom stereocenters. The summed E-state index contributed by atoms with van der Waals surface area (Å²) in [6.45, 7) is 0. The van der Waals surface area contributed by atoms with Crippen molar-refractivity contribution in [3.8, 4) is 22.5 Å². The first-order valence-electron chi connectivity index (χ1n) is 8.38. The number of aromatic nitrogens is 3. The second-order valence-corrected chi connectivity index (χ2v) is 6.36. The number of rotatable bonds is 3. The number of anilines is 1. The van der Waals surface area contributed by atoms with Gasteiger partial charge in [0.05, 0.1) is 5.52 Å². The molecular weight excluding hydrogens is 346 g/mol. The van der Waals surface area contributed by atoms with Gasteiger partial charge in [0.2, 0.25) is 0 Å². The standard InChI is InChI=1S/C21H16F2N4/c1-27(2)21-16-7-5-13(17-11-15(22)6-8-18(17)23)10-19(16)25-20(26-21)14-4-3-9-24-12-14/h3-12H,1-2H3. The molecule has 0 aliphatic carbocycles. The minimum atomic E-state index is -0.487. The summed E-state index contributed by atoms with van der Waals surface area (Å²) in [7, 11) is 3.80. The number of pyridine rings is 1. The van der Waals surface area contributed by atoms with Crippen LogP contribution < -0.4 is 4.90 Å². The van der Waals surface area contributed by atoms with Gasteiger partial charge in [0.15, 0.2) is 5.82 Å². The zero-order chi connectivity index (χ0) is 19.0. The number of halogens is 2. The largest absolute Gasteiger partial charge is 0.362 e. The molecule has 0 aliphatic heterocycles. The van der Waals surface area contributed by atoms with E-state index in [9.17, 15) is 8.78 Å². The van der Waals surface area contributed by atoms with Crippen LogP contribution in [0.1, 0.15) is 0 Å². The predicted molar refractivity (Wildman–Crippen MR) is 102 cm³/mol. The molecule has 2 aromatic heterocycles. The van der Waals surface area contributed by atoms with Gasteiger partial charge >= 0.3 is 0 Å². The first-order valence-corrected chi connectivity index (χ1v) is 8.38.